The molecule has 2 heterocycles. The highest BCUT2D eigenvalue weighted by atomic mass is 16.3. The molecule has 1 atom stereocenters. The summed E-state index contributed by atoms with van der Waals surface area (Å²) < 4.78 is 5.33. The van der Waals surface area contributed by atoms with Crippen molar-refractivity contribution in [3.63, 3.8) is 0 Å². The van der Waals surface area contributed by atoms with E-state index < -0.39 is 0 Å². The Morgan fingerprint density at radius 1 is 1.56 bits per heavy atom. The summed E-state index contributed by atoms with van der Waals surface area (Å²) in [6.45, 7) is 4.93. The van der Waals surface area contributed by atoms with Crippen molar-refractivity contribution in [3.05, 3.63) is 23.7 Å². The van der Waals surface area contributed by atoms with Crippen molar-refractivity contribution in [2.75, 3.05) is 33.2 Å². The quantitative estimate of drug-likeness (QED) is 0.852. The van der Waals surface area contributed by atoms with Gasteiger partial charge in [0.25, 0.3) is 5.91 Å². The van der Waals surface area contributed by atoms with Crippen LogP contribution in [-0.2, 0) is 6.42 Å². The van der Waals surface area contributed by atoms with Gasteiger partial charge >= 0.3 is 0 Å². The minimum atomic E-state index is 0.0455. The molecular weight excluding hydrogens is 230 g/mol. The van der Waals surface area contributed by atoms with Crippen LogP contribution in [0.1, 0.15) is 23.0 Å². The summed E-state index contributed by atoms with van der Waals surface area (Å²) in [4.78, 5) is 16.6. The maximum Gasteiger partial charge on any atom is 0.257 e. The fourth-order valence-electron chi connectivity index (χ4n) is 2.44. The topological polar surface area (TPSA) is 62.7 Å². The van der Waals surface area contributed by atoms with E-state index in [1.807, 2.05) is 11.8 Å². The first-order chi connectivity index (χ1) is 8.67. The molecule has 0 aromatic carbocycles. The summed E-state index contributed by atoms with van der Waals surface area (Å²) in [6, 6.07) is 1.85. The van der Waals surface area contributed by atoms with E-state index in [4.69, 9.17) is 10.2 Å². The smallest absolute Gasteiger partial charge is 0.257 e. The zero-order valence-corrected chi connectivity index (χ0v) is 11.1. The molecule has 1 unspecified atom stereocenters. The Morgan fingerprint density at radius 2 is 2.33 bits per heavy atom. The highest BCUT2D eigenvalue weighted by Crippen LogP contribution is 2.17. The van der Waals surface area contributed by atoms with E-state index in [0.717, 1.165) is 31.8 Å². The van der Waals surface area contributed by atoms with Crippen LogP contribution in [0.2, 0.25) is 0 Å². The number of carbonyl (C=O) groups excluding carboxylic acids is 1. The molecule has 1 fully saturated rings. The van der Waals surface area contributed by atoms with Crippen LogP contribution in [-0.4, -0.2) is 55.0 Å². The number of nitrogens with zero attached hydrogens (tertiary/aromatic N) is 2. The fourth-order valence-corrected chi connectivity index (χ4v) is 2.44. The van der Waals surface area contributed by atoms with E-state index in [0.29, 0.717) is 12.1 Å². The number of amides is 1. The lowest BCUT2D eigenvalue weighted by Gasteiger charge is -2.39. The second-order valence-corrected chi connectivity index (χ2v) is 4.76. The standard InChI is InChI=1S/C13H21N3O2/c1-3-12-11(4-7-18-12)13(17)16-6-5-15(2)9-10(16)8-14/h4,7,10H,3,5-6,8-9,14H2,1-2H3. The predicted octanol–water partition coefficient (Wildman–Crippen LogP) is 0.557. The van der Waals surface area contributed by atoms with Gasteiger partial charge in [-0.15, -0.1) is 0 Å². The molecule has 1 aromatic rings. The van der Waals surface area contributed by atoms with E-state index in [9.17, 15) is 4.79 Å². The molecular formula is C13H21N3O2. The van der Waals surface area contributed by atoms with Gasteiger partial charge in [-0.1, -0.05) is 6.92 Å². The number of hydrogen-bond donors (Lipinski definition) is 1. The van der Waals surface area contributed by atoms with Gasteiger partial charge in [-0.2, -0.15) is 0 Å². The molecule has 100 valence electrons. The maximum absolute atomic E-state index is 12.5. The summed E-state index contributed by atoms with van der Waals surface area (Å²) in [6.07, 6.45) is 2.31. The maximum atomic E-state index is 12.5. The van der Waals surface area contributed by atoms with Gasteiger partial charge in [-0.3, -0.25) is 4.79 Å². The summed E-state index contributed by atoms with van der Waals surface area (Å²) in [5, 5.41) is 0. The average molecular weight is 251 g/mol. The van der Waals surface area contributed by atoms with Crippen LogP contribution >= 0.6 is 0 Å². The third-order valence-corrected chi connectivity index (χ3v) is 3.52. The van der Waals surface area contributed by atoms with Crippen molar-refractivity contribution in [3.8, 4) is 0 Å². The Morgan fingerprint density at radius 3 is 3.00 bits per heavy atom. The number of aryl methyl sites for hydroxylation is 1. The Bertz CT molecular complexity index is 416. The summed E-state index contributed by atoms with van der Waals surface area (Å²) in [7, 11) is 2.06. The third kappa shape index (κ3) is 2.42. The number of furan rings is 1. The molecule has 0 spiro atoms. The number of piperazine rings is 1. The number of nitrogens with two attached hydrogens (primary N) is 1. The van der Waals surface area contributed by atoms with Gasteiger partial charge in [0.2, 0.25) is 0 Å². The molecule has 5 nitrogen and oxygen atoms in total. The molecule has 1 aromatic heterocycles. The van der Waals surface area contributed by atoms with Crippen molar-refractivity contribution in [2.45, 2.75) is 19.4 Å². The second-order valence-electron chi connectivity index (χ2n) is 4.76. The SMILES string of the molecule is CCc1occc1C(=O)N1CCN(C)CC1CN. The van der Waals surface area contributed by atoms with Crippen molar-refractivity contribution >= 4 is 5.91 Å². The molecule has 0 bridgehead atoms. The summed E-state index contributed by atoms with van der Waals surface area (Å²) in [5.74, 6) is 0.804. The minimum Gasteiger partial charge on any atom is -0.469 e. The highest BCUT2D eigenvalue weighted by molar-refractivity contribution is 5.95. The van der Waals surface area contributed by atoms with E-state index >= 15 is 0 Å². The van der Waals surface area contributed by atoms with E-state index in [-0.39, 0.29) is 11.9 Å². The second kappa shape index (κ2) is 5.54. The first-order valence-corrected chi connectivity index (χ1v) is 6.43. The first-order valence-electron chi connectivity index (χ1n) is 6.43. The van der Waals surface area contributed by atoms with Gasteiger partial charge < -0.3 is 20.0 Å². The molecule has 0 radical (unpaired) electrons. The van der Waals surface area contributed by atoms with Crippen LogP contribution in [0.3, 0.4) is 0 Å². The number of rotatable bonds is 3. The molecule has 0 saturated carbocycles. The lowest BCUT2D eigenvalue weighted by atomic mass is 10.1. The Balaban J connectivity index is 2.17. The van der Waals surface area contributed by atoms with E-state index in [1.54, 1.807) is 12.3 Å². The first kappa shape index (κ1) is 13.1. The van der Waals surface area contributed by atoms with Crippen LogP contribution < -0.4 is 5.73 Å². The third-order valence-electron chi connectivity index (χ3n) is 3.52. The van der Waals surface area contributed by atoms with Gasteiger partial charge in [0, 0.05) is 32.6 Å². The number of carbonyl (C=O) groups is 1. The van der Waals surface area contributed by atoms with Crippen LogP contribution in [0.25, 0.3) is 0 Å². The Hall–Kier alpha value is -1.33. The molecule has 2 N–H and O–H groups in total. The van der Waals surface area contributed by atoms with Gasteiger partial charge in [0.05, 0.1) is 17.9 Å². The molecule has 1 saturated heterocycles. The Kier molecular flexibility index (Phi) is 4.04. The van der Waals surface area contributed by atoms with Gasteiger partial charge in [0.1, 0.15) is 5.76 Å². The van der Waals surface area contributed by atoms with Crippen molar-refractivity contribution in [1.82, 2.24) is 9.80 Å². The summed E-state index contributed by atoms with van der Waals surface area (Å²) in [5.41, 5.74) is 6.45. The average Bonchev–Trinajstić information content (AvgIpc) is 2.86. The van der Waals surface area contributed by atoms with E-state index in [1.165, 1.54) is 0 Å². The molecule has 2 rings (SSSR count). The number of likely N-dealkylation sites (N-methyl/N-ethyl adjacent to an activating group) is 1. The normalized spacial score (nSPS) is 21.3. The zero-order valence-electron chi connectivity index (χ0n) is 11.1. The molecule has 1 aliphatic rings. The lowest BCUT2D eigenvalue weighted by Crippen LogP contribution is -2.56. The molecule has 1 amide bonds. The highest BCUT2D eigenvalue weighted by Gasteiger charge is 2.30. The van der Waals surface area contributed by atoms with Crippen molar-refractivity contribution in [2.24, 2.45) is 5.73 Å². The molecule has 18 heavy (non-hydrogen) atoms. The lowest BCUT2D eigenvalue weighted by molar-refractivity contribution is 0.0514. The monoisotopic (exact) mass is 251 g/mol. The predicted molar refractivity (Wildman–Crippen MR) is 69.5 cm³/mol. The molecule has 5 heteroatoms. The van der Waals surface area contributed by atoms with Crippen molar-refractivity contribution < 1.29 is 9.21 Å². The zero-order chi connectivity index (χ0) is 13.1. The van der Waals surface area contributed by atoms with Crippen LogP contribution in [0, 0.1) is 0 Å². The fraction of sp³-hybridized carbons (Fsp3) is 0.615. The summed E-state index contributed by atoms with van der Waals surface area (Å²) >= 11 is 0. The number of hydrogen-bond acceptors (Lipinski definition) is 4. The van der Waals surface area contributed by atoms with Crippen LogP contribution in [0.5, 0.6) is 0 Å². The van der Waals surface area contributed by atoms with Gasteiger partial charge in [0.15, 0.2) is 0 Å². The van der Waals surface area contributed by atoms with Crippen LogP contribution in [0.15, 0.2) is 16.7 Å². The van der Waals surface area contributed by atoms with Gasteiger partial charge in [-0.25, -0.2) is 0 Å². The molecule has 0 aliphatic carbocycles. The largest absolute Gasteiger partial charge is 0.469 e. The van der Waals surface area contributed by atoms with Gasteiger partial charge in [-0.05, 0) is 13.1 Å². The van der Waals surface area contributed by atoms with Crippen molar-refractivity contribution in [1.29, 1.82) is 0 Å². The molecule has 1 aliphatic heterocycles. The van der Waals surface area contributed by atoms with Crippen LogP contribution in [0.4, 0.5) is 0 Å². The van der Waals surface area contributed by atoms with E-state index in [2.05, 4.69) is 11.9 Å². The minimum absolute atomic E-state index is 0.0455. The Labute approximate surface area is 108 Å².